The summed E-state index contributed by atoms with van der Waals surface area (Å²) in [5.41, 5.74) is 1.30. The van der Waals surface area contributed by atoms with Gasteiger partial charge >= 0.3 is 5.97 Å². The molecule has 3 rings (SSSR count). The molecular formula is C23H35IN4O4. The standard InChI is InChI=1S/C23H34N4O4.HI/c1-24-23(25-14-16-9-10-20(30-2)19(13-16)22(29)31-3)26-18-11-12-27(15-18)21(28)17-7-5-4-6-8-17;/h9-10,13,17-18H,4-8,11-12,14-15H2,1-3H3,(H2,24,25,26);1H. The number of carbonyl (C=O) groups excluding carboxylic acids is 2. The molecule has 32 heavy (non-hydrogen) atoms. The van der Waals surface area contributed by atoms with E-state index in [2.05, 4.69) is 15.6 Å². The quantitative estimate of drug-likeness (QED) is 0.242. The lowest BCUT2D eigenvalue weighted by Crippen LogP contribution is -2.45. The van der Waals surface area contributed by atoms with E-state index in [0.29, 0.717) is 36.3 Å². The van der Waals surface area contributed by atoms with Crippen molar-refractivity contribution in [2.45, 2.75) is 51.1 Å². The molecule has 0 spiro atoms. The molecule has 1 heterocycles. The summed E-state index contributed by atoms with van der Waals surface area (Å²) in [5, 5.41) is 6.71. The summed E-state index contributed by atoms with van der Waals surface area (Å²) in [4.78, 5) is 31.1. The number of benzene rings is 1. The fraction of sp³-hybridized carbons (Fsp3) is 0.609. The molecule has 2 fully saturated rings. The van der Waals surface area contributed by atoms with Gasteiger partial charge in [0.1, 0.15) is 11.3 Å². The second-order valence-corrected chi connectivity index (χ2v) is 8.20. The van der Waals surface area contributed by atoms with Crippen molar-refractivity contribution in [2.75, 3.05) is 34.4 Å². The minimum atomic E-state index is -0.435. The number of aliphatic imine (C=N–C) groups is 1. The predicted molar refractivity (Wildman–Crippen MR) is 135 cm³/mol. The Kier molecular flexibility index (Phi) is 10.5. The molecule has 1 unspecified atom stereocenters. The largest absolute Gasteiger partial charge is 0.496 e. The molecule has 0 aromatic heterocycles. The molecule has 1 amide bonds. The maximum Gasteiger partial charge on any atom is 0.341 e. The van der Waals surface area contributed by atoms with Crippen LogP contribution in [0.25, 0.3) is 0 Å². The molecule has 8 nitrogen and oxygen atoms in total. The van der Waals surface area contributed by atoms with E-state index in [0.717, 1.165) is 31.4 Å². The van der Waals surface area contributed by atoms with Gasteiger partial charge in [-0.2, -0.15) is 0 Å². The van der Waals surface area contributed by atoms with Gasteiger partial charge in [0.15, 0.2) is 5.96 Å². The summed E-state index contributed by atoms with van der Waals surface area (Å²) in [6, 6.07) is 5.59. The first-order valence-corrected chi connectivity index (χ1v) is 11.1. The van der Waals surface area contributed by atoms with Gasteiger partial charge in [-0.25, -0.2) is 4.79 Å². The van der Waals surface area contributed by atoms with Gasteiger partial charge < -0.3 is 25.0 Å². The monoisotopic (exact) mass is 558 g/mol. The van der Waals surface area contributed by atoms with Gasteiger partial charge in [-0.3, -0.25) is 9.79 Å². The van der Waals surface area contributed by atoms with Crippen molar-refractivity contribution in [3.8, 4) is 5.75 Å². The number of esters is 1. The molecule has 1 aliphatic heterocycles. The zero-order valence-corrected chi connectivity index (χ0v) is 21.5. The van der Waals surface area contributed by atoms with Gasteiger partial charge in [0.25, 0.3) is 0 Å². The van der Waals surface area contributed by atoms with E-state index in [1.54, 1.807) is 19.2 Å². The van der Waals surface area contributed by atoms with Crippen LogP contribution in [0.2, 0.25) is 0 Å². The van der Waals surface area contributed by atoms with Gasteiger partial charge in [-0.05, 0) is 37.0 Å². The normalized spacial score (nSPS) is 19.2. The number of amides is 1. The summed E-state index contributed by atoms with van der Waals surface area (Å²) in [5.74, 6) is 1.25. The fourth-order valence-electron chi connectivity index (χ4n) is 4.39. The van der Waals surface area contributed by atoms with E-state index in [1.165, 1.54) is 33.5 Å². The molecule has 1 aliphatic carbocycles. The smallest absolute Gasteiger partial charge is 0.341 e. The van der Waals surface area contributed by atoms with E-state index < -0.39 is 5.97 Å². The third kappa shape index (κ3) is 6.73. The molecule has 0 bridgehead atoms. The maximum absolute atomic E-state index is 12.8. The number of methoxy groups -OCH3 is 2. The average molecular weight is 558 g/mol. The van der Waals surface area contributed by atoms with Gasteiger partial charge in [0.05, 0.1) is 14.2 Å². The lowest BCUT2D eigenvalue weighted by molar-refractivity contribution is -0.135. The molecule has 2 N–H and O–H groups in total. The van der Waals surface area contributed by atoms with Crippen LogP contribution in [0.3, 0.4) is 0 Å². The highest BCUT2D eigenvalue weighted by atomic mass is 127. The van der Waals surface area contributed by atoms with E-state index >= 15 is 0 Å². The van der Waals surface area contributed by atoms with Crippen LogP contribution in [0.4, 0.5) is 0 Å². The molecule has 1 aromatic carbocycles. The first-order valence-electron chi connectivity index (χ1n) is 11.1. The van der Waals surface area contributed by atoms with Gasteiger partial charge in [0.2, 0.25) is 5.91 Å². The van der Waals surface area contributed by atoms with Crippen LogP contribution in [0, 0.1) is 5.92 Å². The number of carbonyl (C=O) groups is 2. The Morgan fingerprint density at radius 1 is 1.16 bits per heavy atom. The van der Waals surface area contributed by atoms with Crippen LogP contribution in [-0.2, 0) is 16.1 Å². The molecule has 1 saturated carbocycles. The molecule has 1 saturated heterocycles. The second-order valence-electron chi connectivity index (χ2n) is 8.20. The Labute approximate surface area is 207 Å². The Morgan fingerprint density at radius 2 is 1.91 bits per heavy atom. The highest BCUT2D eigenvalue weighted by molar-refractivity contribution is 14.0. The highest BCUT2D eigenvalue weighted by Gasteiger charge is 2.31. The summed E-state index contributed by atoms with van der Waals surface area (Å²) in [6.45, 7) is 2.00. The number of hydrogen-bond acceptors (Lipinski definition) is 5. The highest BCUT2D eigenvalue weighted by Crippen LogP contribution is 2.27. The van der Waals surface area contributed by atoms with Crippen molar-refractivity contribution in [2.24, 2.45) is 10.9 Å². The fourth-order valence-corrected chi connectivity index (χ4v) is 4.39. The first-order chi connectivity index (χ1) is 15.0. The topological polar surface area (TPSA) is 92.3 Å². The molecule has 1 atom stereocenters. The van der Waals surface area contributed by atoms with Crippen molar-refractivity contribution < 1.29 is 19.1 Å². The van der Waals surface area contributed by atoms with Crippen LogP contribution in [0.15, 0.2) is 23.2 Å². The minimum Gasteiger partial charge on any atom is -0.496 e. The molecule has 9 heteroatoms. The number of guanidine groups is 1. The van der Waals surface area contributed by atoms with Crippen LogP contribution in [0.1, 0.15) is 54.4 Å². The Hall–Kier alpha value is -2.04. The zero-order chi connectivity index (χ0) is 22.2. The second kappa shape index (κ2) is 12.9. The third-order valence-electron chi connectivity index (χ3n) is 6.15. The van der Waals surface area contributed by atoms with Crippen LogP contribution in [-0.4, -0.2) is 63.1 Å². The third-order valence-corrected chi connectivity index (χ3v) is 6.15. The SMILES string of the molecule is CN=C(NCc1ccc(OC)c(C(=O)OC)c1)NC1CCN(C(=O)C2CCCCC2)C1.I. The average Bonchev–Trinajstić information content (AvgIpc) is 3.29. The molecule has 0 radical (unpaired) electrons. The van der Waals surface area contributed by atoms with Gasteiger partial charge in [-0.1, -0.05) is 25.3 Å². The number of hydrogen-bond donors (Lipinski definition) is 2. The number of rotatable bonds is 6. The molecule has 1 aromatic rings. The number of likely N-dealkylation sites (tertiary alicyclic amines) is 1. The number of halogens is 1. The van der Waals surface area contributed by atoms with E-state index in [1.807, 2.05) is 11.0 Å². The van der Waals surface area contributed by atoms with Gasteiger partial charge in [-0.15, -0.1) is 24.0 Å². The number of nitrogens with zero attached hydrogens (tertiary/aromatic N) is 2. The minimum absolute atomic E-state index is 0. The van der Waals surface area contributed by atoms with Crippen LogP contribution < -0.4 is 15.4 Å². The molecular weight excluding hydrogens is 523 g/mol. The number of ether oxygens (including phenoxy) is 2. The maximum atomic E-state index is 12.8. The zero-order valence-electron chi connectivity index (χ0n) is 19.2. The summed E-state index contributed by atoms with van der Waals surface area (Å²) < 4.78 is 10.1. The number of nitrogens with one attached hydrogen (secondary N) is 2. The van der Waals surface area contributed by atoms with Gasteiger partial charge in [0, 0.05) is 38.6 Å². The van der Waals surface area contributed by atoms with Crippen molar-refractivity contribution in [3.05, 3.63) is 29.3 Å². The first kappa shape index (κ1) is 26.2. The Morgan fingerprint density at radius 3 is 2.56 bits per heavy atom. The summed E-state index contributed by atoms with van der Waals surface area (Å²) in [6.07, 6.45) is 6.58. The summed E-state index contributed by atoms with van der Waals surface area (Å²) in [7, 11) is 4.60. The van der Waals surface area contributed by atoms with Crippen LogP contribution in [0.5, 0.6) is 5.75 Å². The summed E-state index contributed by atoms with van der Waals surface area (Å²) >= 11 is 0. The predicted octanol–water partition coefficient (Wildman–Crippen LogP) is 2.95. The van der Waals surface area contributed by atoms with E-state index in [-0.39, 0.29) is 35.9 Å². The van der Waals surface area contributed by atoms with Crippen molar-refractivity contribution in [1.82, 2.24) is 15.5 Å². The van der Waals surface area contributed by atoms with E-state index in [9.17, 15) is 9.59 Å². The van der Waals surface area contributed by atoms with Crippen molar-refractivity contribution in [3.63, 3.8) is 0 Å². The van der Waals surface area contributed by atoms with Crippen LogP contribution >= 0.6 is 24.0 Å². The Bertz CT molecular complexity index is 811. The van der Waals surface area contributed by atoms with E-state index in [4.69, 9.17) is 9.47 Å². The molecule has 178 valence electrons. The Balaban J connectivity index is 0.00000363. The lowest BCUT2D eigenvalue weighted by atomic mass is 9.88. The van der Waals surface area contributed by atoms with Crippen molar-refractivity contribution >= 4 is 41.8 Å². The molecule has 2 aliphatic rings. The lowest BCUT2D eigenvalue weighted by Gasteiger charge is -2.26. The van der Waals surface area contributed by atoms with Crippen molar-refractivity contribution in [1.29, 1.82) is 0 Å².